The van der Waals surface area contributed by atoms with Gasteiger partial charge in [0.1, 0.15) is 0 Å². The van der Waals surface area contributed by atoms with Crippen molar-refractivity contribution in [2.45, 2.75) is 92.3 Å². The van der Waals surface area contributed by atoms with E-state index in [-0.39, 0.29) is 16.4 Å². The van der Waals surface area contributed by atoms with Gasteiger partial charge in [0.2, 0.25) is 0 Å². The fraction of sp³-hybridized carbons (Fsp3) is 0.667. The zero-order chi connectivity index (χ0) is 21.5. The Bertz CT molecular complexity index is 629. The molecule has 0 spiro atoms. The van der Waals surface area contributed by atoms with Crippen molar-refractivity contribution in [3.8, 4) is 11.8 Å². The summed E-state index contributed by atoms with van der Waals surface area (Å²) in [5, 5.41) is 0. The molecule has 0 heterocycles. The Balaban J connectivity index is 0.00000326. The molecule has 154 valence electrons. The molecule has 0 N–H and O–H groups in total. The van der Waals surface area contributed by atoms with Gasteiger partial charge in [-0.15, -0.1) is 0 Å². The Morgan fingerprint density at radius 2 is 1.15 bits per heavy atom. The zero-order valence-electron chi connectivity index (χ0n) is 19.5. The van der Waals surface area contributed by atoms with E-state index in [0.29, 0.717) is 0 Å². The lowest BCUT2D eigenvalue weighted by Gasteiger charge is -2.39. The van der Waals surface area contributed by atoms with Crippen molar-refractivity contribution in [2.24, 2.45) is 10.8 Å². The molecule has 0 aliphatic carbocycles. The first kappa shape index (κ1) is 26.1. The van der Waals surface area contributed by atoms with Crippen molar-refractivity contribution in [1.29, 1.82) is 0 Å². The molecule has 0 unspecified atom stereocenters. The standard InChI is InChI=1S/C22H34O2S.C2H6/c1-17-11-13-18(14-12-17)25-24-22(8,9)20(4,5)16-15-19(2,3)21(6,7)23-10;1-2/h11-14H,1-10H3;1-2H3. The van der Waals surface area contributed by atoms with Gasteiger partial charge in [-0.2, -0.15) is 0 Å². The van der Waals surface area contributed by atoms with E-state index in [0.717, 1.165) is 4.90 Å². The normalized spacial score (nSPS) is 12.6. The molecular weight excluding hydrogens is 352 g/mol. The van der Waals surface area contributed by atoms with Crippen molar-refractivity contribution in [3.63, 3.8) is 0 Å². The molecule has 1 aromatic carbocycles. The van der Waals surface area contributed by atoms with Crippen LogP contribution in [0, 0.1) is 29.6 Å². The first-order valence-electron chi connectivity index (χ1n) is 9.76. The van der Waals surface area contributed by atoms with Crippen LogP contribution < -0.4 is 0 Å². The zero-order valence-corrected chi connectivity index (χ0v) is 20.4. The summed E-state index contributed by atoms with van der Waals surface area (Å²) in [6.45, 7) is 22.9. The van der Waals surface area contributed by atoms with Gasteiger partial charge < -0.3 is 8.92 Å². The summed E-state index contributed by atoms with van der Waals surface area (Å²) in [6, 6.07) is 8.36. The number of ether oxygens (including phenoxy) is 1. The quantitative estimate of drug-likeness (QED) is 0.373. The molecule has 0 atom stereocenters. The summed E-state index contributed by atoms with van der Waals surface area (Å²) < 4.78 is 11.8. The average Bonchev–Trinajstić information content (AvgIpc) is 2.61. The minimum absolute atomic E-state index is 0.265. The Kier molecular flexibility index (Phi) is 9.66. The summed E-state index contributed by atoms with van der Waals surface area (Å²) in [4.78, 5) is 1.10. The number of benzene rings is 1. The first-order chi connectivity index (χ1) is 12.2. The molecular formula is C24H40O2S. The van der Waals surface area contributed by atoms with Gasteiger partial charge >= 0.3 is 0 Å². The van der Waals surface area contributed by atoms with Gasteiger partial charge in [0, 0.05) is 24.0 Å². The fourth-order valence-corrected chi connectivity index (χ4v) is 2.48. The van der Waals surface area contributed by atoms with Crippen molar-refractivity contribution in [2.75, 3.05) is 7.11 Å². The molecule has 0 amide bonds. The summed E-state index contributed by atoms with van der Waals surface area (Å²) in [5.74, 6) is 6.90. The van der Waals surface area contributed by atoms with Crippen LogP contribution in [0.2, 0.25) is 0 Å². The maximum Gasteiger partial charge on any atom is 0.0937 e. The Morgan fingerprint density at radius 1 is 0.741 bits per heavy atom. The van der Waals surface area contributed by atoms with Gasteiger partial charge in [-0.1, -0.05) is 43.4 Å². The van der Waals surface area contributed by atoms with Crippen molar-refractivity contribution < 1.29 is 8.92 Å². The summed E-state index contributed by atoms with van der Waals surface area (Å²) in [6.07, 6.45) is 0. The molecule has 0 aromatic heterocycles. The van der Waals surface area contributed by atoms with Gasteiger partial charge in [-0.25, -0.2) is 0 Å². The van der Waals surface area contributed by atoms with E-state index in [1.54, 1.807) is 7.11 Å². The summed E-state index contributed by atoms with van der Waals surface area (Å²) >= 11 is 1.41. The van der Waals surface area contributed by atoms with Crippen LogP contribution in [0.15, 0.2) is 29.2 Å². The van der Waals surface area contributed by atoms with Crippen molar-refractivity contribution >= 4 is 12.0 Å². The number of hydrogen-bond donors (Lipinski definition) is 0. The lowest BCUT2D eigenvalue weighted by molar-refractivity contribution is -0.0446. The molecule has 2 nitrogen and oxygen atoms in total. The topological polar surface area (TPSA) is 18.5 Å². The van der Waals surface area contributed by atoms with Gasteiger partial charge in [-0.3, -0.25) is 0 Å². The number of hydrogen-bond acceptors (Lipinski definition) is 3. The molecule has 1 rings (SSSR count). The van der Waals surface area contributed by atoms with Crippen LogP contribution in [0.3, 0.4) is 0 Å². The second kappa shape index (κ2) is 10.0. The maximum atomic E-state index is 6.18. The van der Waals surface area contributed by atoms with Crippen molar-refractivity contribution in [1.82, 2.24) is 0 Å². The van der Waals surface area contributed by atoms with Gasteiger partial charge in [0.25, 0.3) is 0 Å². The predicted molar refractivity (Wildman–Crippen MR) is 120 cm³/mol. The highest BCUT2D eigenvalue weighted by Crippen LogP contribution is 2.39. The number of methoxy groups -OCH3 is 1. The fourth-order valence-electron chi connectivity index (χ4n) is 1.72. The average molecular weight is 393 g/mol. The van der Waals surface area contributed by atoms with E-state index in [1.807, 2.05) is 13.8 Å². The lowest BCUT2D eigenvalue weighted by Crippen LogP contribution is -2.42. The third-order valence-electron chi connectivity index (χ3n) is 5.58. The third-order valence-corrected chi connectivity index (χ3v) is 6.54. The molecule has 0 saturated carbocycles. The highest BCUT2D eigenvalue weighted by molar-refractivity contribution is 7.94. The van der Waals surface area contributed by atoms with Crippen LogP contribution in [0.25, 0.3) is 0 Å². The monoisotopic (exact) mass is 392 g/mol. The van der Waals surface area contributed by atoms with Crippen LogP contribution in [0.1, 0.15) is 74.8 Å². The van der Waals surface area contributed by atoms with Crippen LogP contribution in [0.5, 0.6) is 0 Å². The molecule has 0 bridgehead atoms. The number of aryl methyl sites for hydroxylation is 1. The van der Waals surface area contributed by atoms with E-state index in [9.17, 15) is 0 Å². The van der Waals surface area contributed by atoms with E-state index >= 15 is 0 Å². The lowest BCUT2D eigenvalue weighted by atomic mass is 9.73. The minimum Gasteiger partial charge on any atom is -0.377 e. The first-order valence-corrected chi connectivity index (χ1v) is 10.5. The Morgan fingerprint density at radius 3 is 1.56 bits per heavy atom. The maximum absolute atomic E-state index is 6.18. The van der Waals surface area contributed by atoms with Crippen LogP contribution in [-0.2, 0) is 8.92 Å². The van der Waals surface area contributed by atoms with Crippen LogP contribution >= 0.6 is 12.0 Å². The molecule has 0 fully saturated rings. The van der Waals surface area contributed by atoms with E-state index in [2.05, 4.69) is 98.4 Å². The molecule has 0 radical (unpaired) electrons. The molecule has 0 saturated heterocycles. The summed E-state index contributed by atoms with van der Waals surface area (Å²) in [5.41, 5.74) is -0.0660. The number of rotatable bonds is 6. The molecule has 27 heavy (non-hydrogen) atoms. The minimum atomic E-state index is -0.414. The summed E-state index contributed by atoms with van der Waals surface area (Å²) in [7, 11) is 1.74. The Labute approximate surface area is 173 Å². The largest absolute Gasteiger partial charge is 0.377 e. The van der Waals surface area contributed by atoms with E-state index in [4.69, 9.17) is 8.92 Å². The van der Waals surface area contributed by atoms with E-state index < -0.39 is 5.60 Å². The predicted octanol–water partition coefficient (Wildman–Crippen LogP) is 7.30. The Hall–Kier alpha value is -0.950. The molecule has 0 aliphatic rings. The van der Waals surface area contributed by atoms with Gasteiger partial charge in [-0.05, 0) is 74.4 Å². The second-order valence-electron chi connectivity index (χ2n) is 8.70. The molecule has 0 aliphatic heterocycles. The van der Waals surface area contributed by atoms with Gasteiger partial charge in [0.05, 0.1) is 22.0 Å². The van der Waals surface area contributed by atoms with Crippen LogP contribution in [0.4, 0.5) is 0 Å². The molecule has 3 heteroatoms. The molecule has 1 aromatic rings. The van der Waals surface area contributed by atoms with E-state index in [1.165, 1.54) is 17.6 Å². The highest BCUT2D eigenvalue weighted by Gasteiger charge is 2.40. The van der Waals surface area contributed by atoms with Crippen LogP contribution in [-0.4, -0.2) is 18.3 Å². The smallest absolute Gasteiger partial charge is 0.0937 e. The van der Waals surface area contributed by atoms with Crippen molar-refractivity contribution in [3.05, 3.63) is 29.8 Å². The third kappa shape index (κ3) is 7.18. The van der Waals surface area contributed by atoms with Gasteiger partial charge in [0.15, 0.2) is 0 Å². The second-order valence-corrected chi connectivity index (χ2v) is 9.51. The SMILES string of the molecule is CC.COC(C)(C)C(C)(C)C#CC(C)(C)C(C)(C)OSc1ccc(C)cc1. The highest BCUT2D eigenvalue weighted by atomic mass is 32.2.